The first-order chi connectivity index (χ1) is 10.7. The Hall–Kier alpha value is -2.34. The maximum absolute atomic E-state index is 12.2. The number of fused-ring (bicyclic) bond motifs is 1. The monoisotopic (exact) mass is 313 g/mol. The summed E-state index contributed by atoms with van der Waals surface area (Å²) in [5.41, 5.74) is 2.19. The molecule has 1 aliphatic rings. The molecule has 2 N–H and O–H groups in total. The van der Waals surface area contributed by atoms with Crippen molar-refractivity contribution in [3.05, 3.63) is 53.9 Å². The lowest BCUT2D eigenvalue weighted by atomic mass is 10.1. The van der Waals surface area contributed by atoms with Crippen LogP contribution in [0.2, 0.25) is 0 Å². The second-order valence-corrected chi connectivity index (χ2v) is 5.89. The fourth-order valence-corrected chi connectivity index (χ4v) is 2.97. The zero-order chi connectivity index (χ0) is 15.4. The fourth-order valence-electron chi connectivity index (χ4n) is 2.18. The van der Waals surface area contributed by atoms with E-state index in [4.69, 9.17) is 0 Å². The number of nitrogens with one attached hydrogen (secondary N) is 2. The van der Waals surface area contributed by atoms with Crippen molar-refractivity contribution < 1.29 is 9.59 Å². The molecular weight excluding hydrogens is 298 g/mol. The number of hydrogen-bond acceptors (Lipinski definition) is 4. The molecule has 0 radical (unpaired) electrons. The first-order valence-electron chi connectivity index (χ1n) is 6.97. The fraction of sp³-hybridized carbons (Fsp3) is 0.188. The van der Waals surface area contributed by atoms with Crippen LogP contribution in [0.3, 0.4) is 0 Å². The number of benzene rings is 1. The average molecular weight is 313 g/mol. The Bertz CT molecular complexity index is 704. The topological polar surface area (TPSA) is 71.1 Å². The lowest BCUT2D eigenvalue weighted by Gasteiger charge is -2.16. The average Bonchev–Trinajstić information content (AvgIpc) is 2.55. The van der Waals surface area contributed by atoms with Gasteiger partial charge in [-0.3, -0.25) is 14.6 Å². The van der Waals surface area contributed by atoms with Crippen molar-refractivity contribution in [1.82, 2.24) is 10.3 Å². The van der Waals surface area contributed by atoms with Crippen molar-refractivity contribution in [3.8, 4) is 0 Å². The normalized spacial score (nSPS) is 13.2. The van der Waals surface area contributed by atoms with Gasteiger partial charge in [0.05, 0.1) is 11.4 Å². The van der Waals surface area contributed by atoms with Gasteiger partial charge in [0.25, 0.3) is 5.91 Å². The van der Waals surface area contributed by atoms with E-state index in [0.29, 0.717) is 30.0 Å². The summed E-state index contributed by atoms with van der Waals surface area (Å²) >= 11 is 1.48. The first-order valence-corrected chi connectivity index (χ1v) is 7.96. The van der Waals surface area contributed by atoms with Crippen LogP contribution in [0.4, 0.5) is 5.69 Å². The van der Waals surface area contributed by atoms with Crippen LogP contribution in [0.25, 0.3) is 0 Å². The number of amides is 2. The van der Waals surface area contributed by atoms with Gasteiger partial charge in [-0.2, -0.15) is 0 Å². The third kappa shape index (κ3) is 3.46. The number of rotatable bonds is 4. The zero-order valence-corrected chi connectivity index (χ0v) is 12.7. The third-order valence-corrected chi connectivity index (χ3v) is 4.34. The number of pyridine rings is 1. The van der Waals surface area contributed by atoms with E-state index in [1.54, 1.807) is 18.3 Å². The Morgan fingerprint density at radius 2 is 2.23 bits per heavy atom. The molecule has 112 valence electrons. The minimum Gasteiger partial charge on any atom is -0.352 e. The molecule has 1 aromatic carbocycles. The number of carbonyl (C=O) groups excluding carboxylic acids is 2. The van der Waals surface area contributed by atoms with Crippen molar-refractivity contribution in [2.45, 2.75) is 11.3 Å². The minimum atomic E-state index is -0.149. The number of aromatic nitrogens is 1. The van der Waals surface area contributed by atoms with Crippen molar-refractivity contribution >= 4 is 29.3 Å². The third-order valence-electron chi connectivity index (χ3n) is 3.27. The standard InChI is InChI=1S/C16H15N3O2S/c20-15-10-22-14-5-4-11(9-13(14)19-15)16(21)18-8-6-12-3-1-2-7-17-12/h1-5,7,9H,6,8,10H2,(H,18,21)(H,19,20). The highest BCUT2D eigenvalue weighted by Crippen LogP contribution is 2.31. The maximum Gasteiger partial charge on any atom is 0.251 e. The van der Waals surface area contributed by atoms with Crippen LogP contribution in [0.15, 0.2) is 47.5 Å². The van der Waals surface area contributed by atoms with E-state index < -0.39 is 0 Å². The van der Waals surface area contributed by atoms with E-state index in [0.717, 1.165) is 10.6 Å². The summed E-state index contributed by atoms with van der Waals surface area (Å²) < 4.78 is 0. The molecule has 0 saturated heterocycles. The van der Waals surface area contributed by atoms with Gasteiger partial charge in [0.2, 0.25) is 5.91 Å². The SMILES string of the molecule is O=C1CSc2ccc(C(=O)NCCc3ccccn3)cc2N1. The van der Waals surface area contributed by atoms with Crippen LogP contribution in [-0.4, -0.2) is 29.1 Å². The molecule has 0 atom stereocenters. The van der Waals surface area contributed by atoms with Crippen LogP contribution in [0.1, 0.15) is 16.1 Å². The molecule has 0 bridgehead atoms. The van der Waals surface area contributed by atoms with E-state index in [-0.39, 0.29) is 11.8 Å². The molecule has 0 unspecified atom stereocenters. The van der Waals surface area contributed by atoms with Gasteiger partial charge in [-0.1, -0.05) is 6.07 Å². The van der Waals surface area contributed by atoms with E-state index in [1.807, 2.05) is 24.3 Å². The van der Waals surface area contributed by atoms with E-state index in [2.05, 4.69) is 15.6 Å². The van der Waals surface area contributed by atoms with Crippen LogP contribution in [-0.2, 0) is 11.2 Å². The predicted octanol–water partition coefficient (Wildman–Crippen LogP) is 2.10. The summed E-state index contributed by atoms with van der Waals surface area (Å²) in [6.07, 6.45) is 2.42. The molecule has 1 aromatic heterocycles. The summed E-state index contributed by atoms with van der Waals surface area (Å²) in [5, 5.41) is 5.65. The van der Waals surface area contributed by atoms with E-state index in [1.165, 1.54) is 11.8 Å². The summed E-state index contributed by atoms with van der Waals surface area (Å²) in [4.78, 5) is 28.8. The van der Waals surface area contributed by atoms with Gasteiger partial charge in [-0.15, -0.1) is 11.8 Å². The summed E-state index contributed by atoms with van der Waals surface area (Å²) in [6, 6.07) is 11.1. The molecule has 22 heavy (non-hydrogen) atoms. The lowest BCUT2D eigenvalue weighted by Crippen LogP contribution is -2.26. The van der Waals surface area contributed by atoms with Gasteiger partial charge in [0.15, 0.2) is 0 Å². The van der Waals surface area contributed by atoms with Crippen molar-refractivity contribution in [3.63, 3.8) is 0 Å². The highest BCUT2D eigenvalue weighted by Gasteiger charge is 2.17. The Morgan fingerprint density at radius 1 is 1.32 bits per heavy atom. The van der Waals surface area contributed by atoms with Crippen LogP contribution >= 0.6 is 11.8 Å². The molecule has 0 aliphatic carbocycles. The van der Waals surface area contributed by atoms with Crippen LogP contribution in [0.5, 0.6) is 0 Å². The highest BCUT2D eigenvalue weighted by atomic mass is 32.2. The Morgan fingerprint density at radius 3 is 3.05 bits per heavy atom. The van der Waals surface area contributed by atoms with Gasteiger partial charge in [-0.25, -0.2) is 0 Å². The molecule has 0 saturated carbocycles. The van der Waals surface area contributed by atoms with Gasteiger partial charge in [0, 0.05) is 35.3 Å². The molecule has 3 rings (SSSR count). The van der Waals surface area contributed by atoms with Gasteiger partial charge in [0.1, 0.15) is 0 Å². The predicted molar refractivity (Wildman–Crippen MR) is 86.1 cm³/mol. The highest BCUT2D eigenvalue weighted by molar-refractivity contribution is 8.00. The summed E-state index contributed by atoms with van der Waals surface area (Å²) in [5.74, 6) is 0.233. The van der Waals surface area contributed by atoms with E-state index in [9.17, 15) is 9.59 Å². The molecule has 2 aromatic rings. The first kappa shape index (κ1) is 14.6. The molecule has 0 spiro atoms. The molecule has 0 fully saturated rings. The minimum absolute atomic E-state index is 0.0368. The molecule has 2 amide bonds. The van der Waals surface area contributed by atoms with Crippen molar-refractivity contribution in [2.24, 2.45) is 0 Å². The number of hydrogen-bond donors (Lipinski definition) is 2. The smallest absolute Gasteiger partial charge is 0.251 e. The lowest BCUT2D eigenvalue weighted by molar-refractivity contribution is -0.113. The molecule has 5 nitrogen and oxygen atoms in total. The molecule has 2 heterocycles. The number of anilines is 1. The van der Waals surface area contributed by atoms with E-state index >= 15 is 0 Å². The largest absolute Gasteiger partial charge is 0.352 e. The second kappa shape index (κ2) is 6.62. The second-order valence-electron chi connectivity index (χ2n) is 4.87. The molecule has 1 aliphatic heterocycles. The quantitative estimate of drug-likeness (QED) is 0.907. The maximum atomic E-state index is 12.2. The van der Waals surface area contributed by atoms with Gasteiger partial charge >= 0.3 is 0 Å². The number of thioether (sulfide) groups is 1. The van der Waals surface area contributed by atoms with Crippen molar-refractivity contribution in [2.75, 3.05) is 17.6 Å². The number of carbonyl (C=O) groups is 2. The van der Waals surface area contributed by atoms with Crippen molar-refractivity contribution in [1.29, 1.82) is 0 Å². The van der Waals surface area contributed by atoms with Gasteiger partial charge < -0.3 is 10.6 Å². The van der Waals surface area contributed by atoms with Crippen LogP contribution in [0, 0.1) is 0 Å². The Kier molecular flexibility index (Phi) is 4.39. The summed E-state index contributed by atoms with van der Waals surface area (Å²) in [6.45, 7) is 0.522. The summed E-state index contributed by atoms with van der Waals surface area (Å²) in [7, 11) is 0. The number of nitrogens with zero attached hydrogens (tertiary/aromatic N) is 1. The van der Waals surface area contributed by atoms with Gasteiger partial charge in [-0.05, 0) is 30.3 Å². The van der Waals surface area contributed by atoms with Crippen LogP contribution < -0.4 is 10.6 Å². The Balaban J connectivity index is 1.60. The molecular formula is C16H15N3O2S. The zero-order valence-electron chi connectivity index (χ0n) is 11.8. The molecule has 6 heteroatoms. The Labute approximate surface area is 132 Å².